The van der Waals surface area contributed by atoms with Crippen molar-refractivity contribution in [3.05, 3.63) is 65.0 Å². The summed E-state index contributed by atoms with van der Waals surface area (Å²) in [6.07, 6.45) is 3.21. The van der Waals surface area contributed by atoms with E-state index in [9.17, 15) is 9.18 Å². The molecule has 0 aromatic heterocycles. The highest BCUT2D eigenvalue weighted by molar-refractivity contribution is 14.0. The molecule has 2 N–H and O–H groups in total. The molecule has 1 amide bonds. The summed E-state index contributed by atoms with van der Waals surface area (Å²) in [5.74, 6) is 1.03. The van der Waals surface area contributed by atoms with E-state index in [1.165, 1.54) is 30.0 Å². The summed E-state index contributed by atoms with van der Waals surface area (Å²) in [4.78, 5) is 18.8. The Balaban J connectivity index is 0.00000306. The van der Waals surface area contributed by atoms with Gasteiger partial charge >= 0.3 is 0 Å². The van der Waals surface area contributed by atoms with Gasteiger partial charge in [-0.1, -0.05) is 30.3 Å². The molecular weight excluding hydrogens is 534 g/mol. The number of aliphatic imine (C=N–C) groups is 1. The highest BCUT2D eigenvalue weighted by Crippen LogP contribution is 2.30. The number of benzene rings is 2. The Labute approximate surface area is 212 Å². The molecule has 33 heavy (non-hydrogen) atoms. The first kappa shape index (κ1) is 25.3. The molecule has 1 unspecified atom stereocenters. The molecule has 1 aliphatic carbocycles. The van der Waals surface area contributed by atoms with Crippen molar-refractivity contribution in [3.63, 3.8) is 0 Å². The number of carbonyl (C=O) groups excluding carboxylic acids is 1. The largest absolute Gasteiger partial charge is 0.490 e. The summed E-state index contributed by atoms with van der Waals surface area (Å²) in [6, 6.07) is 13.1. The third-order valence-corrected chi connectivity index (χ3v) is 6.09. The van der Waals surface area contributed by atoms with Crippen molar-refractivity contribution in [3.8, 4) is 5.75 Å². The van der Waals surface area contributed by atoms with E-state index in [0.717, 1.165) is 12.0 Å². The second kappa shape index (κ2) is 11.7. The van der Waals surface area contributed by atoms with Crippen molar-refractivity contribution in [1.82, 2.24) is 15.5 Å². The maximum atomic E-state index is 14.4. The van der Waals surface area contributed by atoms with Crippen LogP contribution in [0.4, 0.5) is 4.39 Å². The summed E-state index contributed by atoms with van der Waals surface area (Å²) in [6.45, 7) is 4.01. The molecule has 1 aliphatic heterocycles. The van der Waals surface area contributed by atoms with Gasteiger partial charge in [0.05, 0.1) is 19.2 Å². The smallest absolute Gasteiger partial charge is 0.242 e. The van der Waals surface area contributed by atoms with Crippen LogP contribution in [-0.2, 0) is 17.8 Å². The zero-order chi connectivity index (χ0) is 22.5. The molecule has 1 heterocycles. The van der Waals surface area contributed by atoms with Crippen LogP contribution in [-0.4, -0.2) is 43.5 Å². The van der Waals surface area contributed by atoms with E-state index in [2.05, 4.69) is 27.8 Å². The van der Waals surface area contributed by atoms with Crippen molar-refractivity contribution in [2.75, 3.05) is 26.7 Å². The third-order valence-electron chi connectivity index (χ3n) is 6.09. The van der Waals surface area contributed by atoms with Gasteiger partial charge < -0.3 is 20.3 Å². The molecule has 8 heteroatoms. The number of rotatable bonds is 7. The van der Waals surface area contributed by atoms with E-state index in [0.29, 0.717) is 37.3 Å². The molecule has 0 radical (unpaired) electrons. The van der Waals surface area contributed by atoms with Gasteiger partial charge in [0, 0.05) is 20.1 Å². The standard InChI is InChI=1S/C25H31FN4O2.HI/c1-17(20-9-10-23(22(26)13-20)32-16-18-7-8-18)29-25(27-2)28-14-24(31)30-12-11-19-5-3-4-6-21(19)15-30;/h3-6,9-10,13,17-18H,7-8,11-12,14-16H2,1-2H3,(H2,27,28,29);1H. The van der Waals surface area contributed by atoms with Gasteiger partial charge in [0.2, 0.25) is 5.91 Å². The Morgan fingerprint density at radius 1 is 1.24 bits per heavy atom. The number of hydrogen-bond donors (Lipinski definition) is 2. The molecule has 0 saturated heterocycles. The van der Waals surface area contributed by atoms with Crippen molar-refractivity contribution in [2.24, 2.45) is 10.9 Å². The lowest BCUT2D eigenvalue weighted by atomic mass is 10.00. The monoisotopic (exact) mass is 566 g/mol. The average molecular weight is 566 g/mol. The van der Waals surface area contributed by atoms with E-state index in [1.807, 2.05) is 30.0 Å². The molecule has 0 spiro atoms. The second-order valence-electron chi connectivity index (χ2n) is 8.57. The third kappa shape index (κ3) is 6.82. The van der Waals surface area contributed by atoms with Gasteiger partial charge in [0.25, 0.3) is 0 Å². The first-order chi connectivity index (χ1) is 15.5. The Morgan fingerprint density at radius 2 is 2.00 bits per heavy atom. The number of halogens is 2. The first-order valence-corrected chi connectivity index (χ1v) is 11.3. The maximum absolute atomic E-state index is 14.4. The molecule has 0 bridgehead atoms. The van der Waals surface area contributed by atoms with Crippen LogP contribution in [0.5, 0.6) is 5.75 Å². The Bertz CT molecular complexity index is 996. The summed E-state index contributed by atoms with van der Waals surface area (Å²) in [5.41, 5.74) is 3.30. The van der Waals surface area contributed by atoms with Gasteiger partial charge in [0.15, 0.2) is 17.5 Å². The van der Waals surface area contributed by atoms with Crippen molar-refractivity contribution >= 4 is 35.8 Å². The quantitative estimate of drug-likeness (QED) is 0.302. The van der Waals surface area contributed by atoms with Gasteiger partial charge in [-0.05, 0) is 60.9 Å². The van der Waals surface area contributed by atoms with Crippen LogP contribution in [0.2, 0.25) is 0 Å². The summed E-state index contributed by atoms with van der Waals surface area (Å²) in [5, 5.41) is 6.31. The average Bonchev–Trinajstić information content (AvgIpc) is 3.64. The van der Waals surface area contributed by atoms with Crippen molar-refractivity contribution in [2.45, 2.75) is 38.8 Å². The van der Waals surface area contributed by atoms with Gasteiger partial charge in [0.1, 0.15) is 0 Å². The summed E-state index contributed by atoms with van der Waals surface area (Å²) >= 11 is 0. The Kier molecular flexibility index (Phi) is 8.94. The Morgan fingerprint density at radius 3 is 2.70 bits per heavy atom. The highest BCUT2D eigenvalue weighted by Gasteiger charge is 2.23. The predicted octanol–water partition coefficient (Wildman–Crippen LogP) is 4.04. The Hall–Kier alpha value is -2.36. The first-order valence-electron chi connectivity index (χ1n) is 11.3. The fourth-order valence-electron chi connectivity index (χ4n) is 3.86. The SMILES string of the molecule is CN=C(NCC(=O)N1CCc2ccccc2C1)NC(C)c1ccc(OCC2CC2)c(F)c1.I. The molecule has 2 aliphatic rings. The fourth-order valence-corrected chi connectivity index (χ4v) is 3.86. The van der Waals surface area contributed by atoms with Crippen LogP contribution in [0.25, 0.3) is 0 Å². The van der Waals surface area contributed by atoms with Crippen LogP contribution in [0, 0.1) is 11.7 Å². The minimum atomic E-state index is -0.361. The number of nitrogens with zero attached hydrogens (tertiary/aromatic N) is 2. The number of fused-ring (bicyclic) bond motifs is 1. The molecule has 1 fully saturated rings. The lowest BCUT2D eigenvalue weighted by Gasteiger charge is -2.29. The van der Waals surface area contributed by atoms with Gasteiger partial charge in [-0.15, -0.1) is 24.0 Å². The molecule has 178 valence electrons. The van der Waals surface area contributed by atoms with Crippen molar-refractivity contribution in [1.29, 1.82) is 0 Å². The minimum absolute atomic E-state index is 0. The van der Waals surface area contributed by atoms with Crippen LogP contribution >= 0.6 is 24.0 Å². The second-order valence-corrected chi connectivity index (χ2v) is 8.57. The normalized spacial score (nSPS) is 16.3. The van der Waals surface area contributed by atoms with Crippen LogP contribution in [0.3, 0.4) is 0 Å². The fraction of sp³-hybridized carbons (Fsp3) is 0.440. The van der Waals surface area contributed by atoms with Crippen LogP contribution in [0.15, 0.2) is 47.5 Å². The maximum Gasteiger partial charge on any atom is 0.242 e. The number of ether oxygens (including phenoxy) is 1. The highest BCUT2D eigenvalue weighted by atomic mass is 127. The number of nitrogens with one attached hydrogen (secondary N) is 2. The molecular formula is C25H32FIN4O2. The van der Waals surface area contributed by atoms with E-state index in [1.54, 1.807) is 13.1 Å². The van der Waals surface area contributed by atoms with Crippen LogP contribution < -0.4 is 15.4 Å². The number of hydrogen-bond acceptors (Lipinski definition) is 3. The molecule has 2 aromatic rings. The van der Waals surface area contributed by atoms with Crippen molar-refractivity contribution < 1.29 is 13.9 Å². The van der Waals surface area contributed by atoms with Gasteiger partial charge in [-0.3, -0.25) is 9.79 Å². The minimum Gasteiger partial charge on any atom is -0.490 e. The van der Waals surface area contributed by atoms with Crippen LogP contribution in [0.1, 0.15) is 42.5 Å². The lowest BCUT2D eigenvalue weighted by Crippen LogP contribution is -2.46. The zero-order valence-electron chi connectivity index (χ0n) is 19.1. The van der Waals surface area contributed by atoms with Gasteiger partial charge in [-0.25, -0.2) is 4.39 Å². The van der Waals surface area contributed by atoms with E-state index < -0.39 is 0 Å². The summed E-state index contributed by atoms with van der Waals surface area (Å²) in [7, 11) is 1.65. The zero-order valence-corrected chi connectivity index (χ0v) is 21.5. The predicted molar refractivity (Wildman–Crippen MR) is 139 cm³/mol. The molecule has 4 rings (SSSR count). The molecule has 1 saturated carbocycles. The number of guanidine groups is 1. The van der Waals surface area contributed by atoms with E-state index >= 15 is 0 Å². The topological polar surface area (TPSA) is 66.0 Å². The van der Waals surface area contributed by atoms with E-state index in [4.69, 9.17) is 4.74 Å². The molecule has 2 aromatic carbocycles. The number of amides is 1. The number of carbonyl (C=O) groups is 1. The van der Waals surface area contributed by atoms with E-state index in [-0.39, 0.29) is 48.3 Å². The molecule has 6 nitrogen and oxygen atoms in total. The summed E-state index contributed by atoms with van der Waals surface area (Å²) < 4.78 is 20.0. The van der Waals surface area contributed by atoms with Gasteiger partial charge in [-0.2, -0.15) is 0 Å². The lowest BCUT2D eigenvalue weighted by molar-refractivity contribution is -0.130. The molecule has 1 atom stereocenters.